The molecular weight excluding hydrogens is 278 g/mol. The minimum atomic E-state index is -0.350. The molecule has 0 amide bonds. The van der Waals surface area contributed by atoms with E-state index in [1.807, 2.05) is 6.92 Å². The van der Waals surface area contributed by atoms with Crippen molar-refractivity contribution >= 4 is 17.4 Å². The van der Waals surface area contributed by atoms with Gasteiger partial charge < -0.3 is 10.2 Å². The van der Waals surface area contributed by atoms with Gasteiger partial charge in [0.1, 0.15) is 5.75 Å². The Morgan fingerprint density at radius 2 is 2.20 bits per heavy atom. The van der Waals surface area contributed by atoms with Gasteiger partial charge in [-0.25, -0.2) is 0 Å². The zero-order chi connectivity index (χ0) is 14.9. The maximum atomic E-state index is 11.5. The van der Waals surface area contributed by atoms with E-state index in [0.29, 0.717) is 29.6 Å². The molecule has 5 heteroatoms. The fraction of sp³-hybridized carbons (Fsp3) is 0.533. The third kappa shape index (κ3) is 3.32. The second kappa shape index (κ2) is 6.12. The number of nitrogens with zero attached hydrogens (tertiary/aromatic N) is 1. The molecule has 0 bridgehead atoms. The molecule has 0 aromatic heterocycles. The van der Waals surface area contributed by atoms with Crippen LogP contribution < -0.4 is 0 Å². The lowest BCUT2D eigenvalue weighted by molar-refractivity contribution is 0.0256. The molecule has 0 spiro atoms. The highest BCUT2D eigenvalue weighted by Gasteiger charge is 2.25. The summed E-state index contributed by atoms with van der Waals surface area (Å²) in [6.07, 6.45) is 0.569. The van der Waals surface area contributed by atoms with Gasteiger partial charge in [-0.15, -0.1) is 0 Å². The number of benzene rings is 1. The molecule has 2 unspecified atom stereocenters. The highest BCUT2D eigenvalue weighted by Crippen LogP contribution is 2.29. The number of halogens is 1. The van der Waals surface area contributed by atoms with Crippen molar-refractivity contribution in [2.75, 3.05) is 13.1 Å². The summed E-state index contributed by atoms with van der Waals surface area (Å²) in [7, 11) is 0. The van der Waals surface area contributed by atoms with Crippen LogP contribution in [0.4, 0.5) is 0 Å². The first kappa shape index (κ1) is 15.3. The predicted octanol–water partition coefficient (Wildman–Crippen LogP) is 2.45. The average molecular weight is 298 g/mol. The molecule has 4 nitrogen and oxygen atoms in total. The number of rotatable bonds is 3. The smallest absolute Gasteiger partial charge is 0.163 e. The molecule has 2 rings (SSSR count). The Labute approximate surface area is 124 Å². The number of Topliss-reactive ketones (excluding diaryl/α,β-unsaturated/α-hetero) is 1. The Hall–Kier alpha value is -1.10. The van der Waals surface area contributed by atoms with E-state index >= 15 is 0 Å². The van der Waals surface area contributed by atoms with Gasteiger partial charge in [-0.05, 0) is 37.9 Å². The van der Waals surface area contributed by atoms with Crippen LogP contribution in [-0.4, -0.2) is 40.1 Å². The minimum Gasteiger partial charge on any atom is -0.507 e. The number of likely N-dealkylation sites (tertiary alicyclic amines) is 1. The molecular formula is C15H20ClNO3. The molecule has 1 aromatic rings. The Bertz CT molecular complexity index is 518. The van der Waals surface area contributed by atoms with Crippen molar-refractivity contribution in [2.24, 2.45) is 5.92 Å². The molecule has 1 fully saturated rings. The number of aromatic hydroxyl groups is 1. The molecule has 1 aliphatic rings. The van der Waals surface area contributed by atoms with Gasteiger partial charge in [0.25, 0.3) is 0 Å². The van der Waals surface area contributed by atoms with E-state index in [9.17, 15) is 15.0 Å². The van der Waals surface area contributed by atoms with Crippen LogP contribution in [0.2, 0.25) is 5.02 Å². The van der Waals surface area contributed by atoms with Crippen LogP contribution in [0.5, 0.6) is 5.75 Å². The normalized spacial score (nSPS) is 23.8. The molecule has 0 saturated carbocycles. The monoisotopic (exact) mass is 297 g/mol. The maximum absolute atomic E-state index is 11.5. The number of β-amino-alcohol motifs (C(OH)–C–C–N with tert-alkyl or cyclic N) is 1. The Kier molecular flexibility index (Phi) is 4.68. The molecule has 2 N–H and O–H groups in total. The van der Waals surface area contributed by atoms with Crippen molar-refractivity contribution in [2.45, 2.75) is 32.9 Å². The first-order chi connectivity index (χ1) is 9.38. The quantitative estimate of drug-likeness (QED) is 0.841. The summed E-state index contributed by atoms with van der Waals surface area (Å²) in [6.45, 7) is 5.35. The number of hydrogen-bond donors (Lipinski definition) is 2. The third-order valence-corrected chi connectivity index (χ3v) is 4.15. The molecule has 1 aromatic carbocycles. The lowest BCUT2D eigenvalue weighted by atomic mass is 9.95. The molecule has 1 heterocycles. The summed E-state index contributed by atoms with van der Waals surface area (Å²) in [6, 6.07) is 3.16. The number of carbonyl (C=O) groups is 1. The van der Waals surface area contributed by atoms with Crippen LogP contribution in [-0.2, 0) is 6.54 Å². The summed E-state index contributed by atoms with van der Waals surface area (Å²) in [4.78, 5) is 13.6. The Morgan fingerprint density at radius 1 is 1.50 bits per heavy atom. The number of phenolic OH excluding ortho intramolecular Hbond substituents is 1. The van der Waals surface area contributed by atoms with E-state index in [4.69, 9.17) is 11.6 Å². The number of carbonyl (C=O) groups excluding carboxylic acids is 1. The fourth-order valence-corrected chi connectivity index (χ4v) is 2.78. The van der Waals surface area contributed by atoms with E-state index < -0.39 is 0 Å². The molecule has 0 radical (unpaired) electrons. The van der Waals surface area contributed by atoms with Crippen LogP contribution >= 0.6 is 11.6 Å². The van der Waals surface area contributed by atoms with Crippen molar-refractivity contribution < 1.29 is 15.0 Å². The van der Waals surface area contributed by atoms with Crippen LogP contribution in [0.3, 0.4) is 0 Å². The lowest BCUT2D eigenvalue weighted by Gasteiger charge is -2.34. The van der Waals surface area contributed by atoms with Gasteiger partial charge in [0.15, 0.2) is 5.78 Å². The zero-order valence-electron chi connectivity index (χ0n) is 11.8. The van der Waals surface area contributed by atoms with Gasteiger partial charge in [-0.1, -0.05) is 18.5 Å². The summed E-state index contributed by atoms with van der Waals surface area (Å²) in [5.41, 5.74) is 0.878. The summed E-state index contributed by atoms with van der Waals surface area (Å²) >= 11 is 6.00. The van der Waals surface area contributed by atoms with Gasteiger partial charge in [-0.2, -0.15) is 0 Å². The van der Waals surface area contributed by atoms with E-state index in [1.165, 1.54) is 13.0 Å². The van der Waals surface area contributed by atoms with Crippen LogP contribution in [0, 0.1) is 5.92 Å². The van der Waals surface area contributed by atoms with Crippen LogP contribution in [0.25, 0.3) is 0 Å². The molecule has 1 aliphatic heterocycles. The largest absolute Gasteiger partial charge is 0.507 e. The van der Waals surface area contributed by atoms with E-state index in [2.05, 4.69) is 4.90 Å². The molecule has 110 valence electrons. The lowest BCUT2D eigenvalue weighted by Crippen LogP contribution is -2.42. The van der Waals surface area contributed by atoms with E-state index in [0.717, 1.165) is 13.0 Å². The fourth-order valence-electron chi connectivity index (χ4n) is 2.54. The van der Waals surface area contributed by atoms with Crippen molar-refractivity contribution in [1.82, 2.24) is 4.90 Å². The number of hydrogen-bond acceptors (Lipinski definition) is 4. The highest BCUT2D eigenvalue weighted by molar-refractivity contribution is 6.31. The topological polar surface area (TPSA) is 60.8 Å². The van der Waals surface area contributed by atoms with E-state index in [-0.39, 0.29) is 23.2 Å². The Balaban J connectivity index is 2.19. The second-order valence-corrected chi connectivity index (χ2v) is 6.02. The molecule has 1 saturated heterocycles. The highest BCUT2D eigenvalue weighted by atomic mass is 35.5. The van der Waals surface area contributed by atoms with Gasteiger partial charge in [0.05, 0.1) is 11.7 Å². The Morgan fingerprint density at radius 3 is 2.80 bits per heavy atom. The van der Waals surface area contributed by atoms with Crippen LogP contribution in [0.1, 0.15) is 36.2 Å². The summed E-state index contributed by atoms with van der Waals surface area (Å²) < 4.78 is 0. The first-order valence-electron chi connectivity index (χ1n) is 6.81. The minimum absolute atomic E-state index is 0.00462. The second-order valence-electron chi connectivity index (χ2n) is 5.59. The predicted molar refractivity (Wildman–Crippen MR) is 78.2 cm³/mol. The number of ketones is 1. The summed E-state index contributed by atoms with van der Waals surface area (Å²) in [5, 5.41) is 20.5. The average Bonchev–Trinajstić information content (AvgIpc) is 2.37. The molecule has 20 heavy (non-hydrogen) atoms. The van der Waals surface area contributed by atoms with Gasteiger partial charge in [0.2, 0.25) is 0 Å². The van der Waals surface area contributed by atoms with Crippen LogP contribution in [0.15, 0.2) is 12.1 Å². The standard InChI is InChI=1S/C15H20ClNO3/c1-9-3-4-17(8-14(9)19)7-11-5-12(16)6-13(10(2)18)15(11)20/h5-6,9,14,19-20H,3-4,7-8H2,1-2H3. The van der Waals surface area contributed by atoms with Gasteiger partial charge >= 0.3 is 0 Å². The van der Waals surface area contributed by atoms with Crippen molar-refractivity contribution in [3.05, 3.63) is 28.3 Å². The summed E-state index contributed by atoms with van der Waals surface area (Å²) in [5.74, 6) is 0.0838. The zero-order valence-corrected chi connectivity index (χ0v) is 12.5. The number of piperidine rings is 1. The SMILES string of the molecule is CC(=O)c1cc(Cl)cc(CN2CCC(C)C(O)C2)c1O. The number of aliphatic hydroxyl groups is 1. The van der Waals surface area contributed by atoms with Gasteiger partial charge in [0, 0.05) is 23.7 Å². The number of aliphatic hydroxyl groups excluding tert-OH is 1. The maximum Gasteiger partial charge on any atom is 0.163 e. The van der Waals surface area contributed by atoms with Crippen molar-refractivity contribution in [1.29, 1.82) is 0 Å². The van der Waals surface area contributed by atoms with Crippen molar-refractivity contribution in [3.8, 4) is 5.75 Å². The van der Waals surface area contributed by atoms with Crippen molar-refractivity contribution in [3.63, 3.8) is 0 Å². The number of phenols is 1. The van der Waals surface area contributed by atoms with Gasteiger partial charge in [-0.3, -0.25) is 9.69 Å². The first-order valence-corrected chi connectivity index (χ1v) is 7.19. The molecule has 0 aliphatic carbocycles. The molecule has 2 atom stereocenters. The third-order valence-electron chi connectivity index (χ3n) is 3.93. The van der Waals surface area contributed by atoms with E-state index in [1.54, 1.807) is 6.07 Å².